The average molecular weight is 321 g/mol. The van der Waals surface area contributed by atoms with Crippen LogP contribution in [0.3, 0.4) is 0 Å². The SMILES string of the molecule is COc1cc(C2(CN)CCCCC2)ccc1OC1CCSC1. The van der Waals surface area contributed by atoms with E-state index in [0.29, 0.717) is 6.10 Å². The molecule has 1 saturated carbocycles. The lowest BCUT2D eigenvalue weighted by molar-refractivity contribution is 0.218. The molecule has 1 atom stereocenters. The van der Waals surface area contributed by atoms with Gasteiger partial charge in [0.15, 0.2) is 11.5 Å². The van der Waals surface area contributed by atoms with Crippen molar-refractivity contribution >= 4 is 11.8 Å². The summed E-state index contributed by atoms with van der Waals surface area (Å²) in [6, 6.07) is 6.46. The second-order valence-corrected chi connectivity index (χ2v) is 7.66. The van der Waals surface area contributed by atoms with E-state index in [1.807, 2.05) is 11.8 Å². The van der Waals surface area contributed by atoms with Gasteiger partial charge >= 0.3 is 0 Å². The third-order valence-electron chi connectivity index (χ3n) is 5.16. The fourth-order valence-corrected chi connectivity index (χ4v) is 4.81. The standard InChI is InChI=1S/C18H27NO2S/c1-20-17-11-14(18(13-19)8-3-2-4-9-18)5-6-16(17)21-15-7-10-22-12-15/h5-6,11,15H,2-4,7-10,12-13,19H2,1H3. The number of hydrogen-bond donors (Lipinski definition) is 1. The van der Waals surface area contributed by atoms with Crippen LogP contribution in [-0.2, 0) is 5.41 Å². The van der Waals surface area contributed by atoms with Gasteiger partial charge in [-0.2, -0.15) is 11.8 Å². The predicted molar refractivity (Wildman–Crippen MR) is 93.2 cm³/mol. The van der Waals surface area contributed by atoms with Gasteiger partial charge in [0.2, 0.25) is 0 Å². The molecule has 2 fully saturated rings. The molecule has 3 nitrogen and oxygen atoms in total. The van der Waals surface area contributed by atoms with E-state index in [-0.39, 0.29) is 5.41 Å². The molecule has 1 aromatic carbocycles. The van der Waals surface area contributed by atoms with Gasteiger partial charge in [-0.25, -0.2) is 0 Å². The molecule has 1 unspecified atom stereocenters. The molecule has 1 aliphatic carbocycles. The minimum atomic E-state index is 0.132. The molecule has 1 aromatic rings. The van der Waals surface area contributed by atoms with Gasteiger partial charge < -0.3 is 15.2 Å². The normalized spacial score (nSPS) is 24.2. The summed E-state index contributed by atoms with van der Waals surface area (Å²) in [5.41, 5.74) is 7.61. The zero-order valence-electron chi connectivity index (χ0n) is 13.5. The summed E-state index contributed by atoms with van der Waals surface area (Å²) in [5.74, 6) is 4.01. The smallest absolute Gasteiger partial charge is 0.161 e. The molecule has 0 aromatic heterocycles. The van der Waals surface area contributed by atoms with E-state index in [2.05, 4.69) is 18.2 Å². The molecule has 3 rings (SSSR count). The molecular weight excluding hydrogens is 294 g/mol. The summed E-state index contributed by atoms with van der Waals surface area (Å²) in [5, 5.41) is 0. The van der Waals surface area contributed by atoms with Crippen molar-refractivity contribution in [2.45, 2.75) is 50.0 Å². The largest absolute Gasteiger partial charge is 0.493 e. The van der Waals surface area contributed by atoms with Crippen LogP contribution in [0.2, 0.25) is 0 Å². The van der Waals surface area contributed by atoms with Gasteiger partial charge in [-0.15, -0.1) is 0 Å². The summed E-state index contributed by atoms with van der Waals surface area (Å²) in [4.78, 5) is 0. The highest BCUT2D eigenvalue weighted by molar-refractivity contribution is 7.99. The Bertz CT molecular complexity index is 494. The maximum atomic E-state index is 6.16. The Hall–Kier alpha value is -0.870. The van der Waals surface area contributed by atoms with Crippen LogP contribution < -0.4 is 15.2 Å². The predicted octanol–water partition coefficient (Wildman–Crippen LogP) is 3.74. The molecule has 2 aliphatic rings. The number of thioether (sulfide) groups is 1. The van der Waals surface area contributed by atoms with E-state index in [4.69, 9.17) is 15.2 Å². The van der Waals surface area contributed by atoms with E-state index in [9.17, 15) is 0 Å². The molecule has 1 saturated heterocycles. The van der Waals surface area contributed by atoms with Gasteiger partial charge in [-0.3, -0.25) is 0 Å². The fraction of sp³-hybridized carbons (Fsp3) is 0.667. The highest BCUT2D eigenvalue weighted by Gasteiger charge is 2.33. The maximum absolute atomic E-state index is 6.16. The van der Waals surface area contributed by atoms with Gasteiger partial charge in [0.1, 0.15) is 6.10 Å². The van der Waals surface area contributed by atoms with Crippen LogP contribution in [0.4, 0.5) is 0 Å². The monoisotopic (exact) mass is 321 g/mol. The minimum absolute atomic E-state index is 0.132. The first-order chi connectivity index (χ1) is 10.8. The van der Waals surface area contributed by atoms with Crippen LogP contribution >= 0.6 is 11.8 Å². The van der Waals surface area contributed by atoms with Gasteiger partial charge in [0, 0.05) is 17.7 Å². The van der Waals surface area contributed by atoms with Crippen LogP contribution in [-0.4, -0.2) is 31.3 Å². The third kappa shape index (κ3) is 3.23. The molecule has 1 heterocycles. The lowest BCUT2D eigenvalue weighted by Crippen LogP contribution is -2.37. The highest BCUT2D eigenvalue weighted by atomic mass is 32.2. The molecule has 122 valence electrons. The number of rotatable bonds is 5. The Balaban J connectivity index is 1.83. The average Bonchev–Trinajstić information content (AvgIpc) is 3.09. The molecule has 22 heavy (non-hydrogen) atoms. The Kier molecular flexibility index (Phi) is 5.19. The van der Waals surface area contributed by atoms with Gasteiger partial charge in [-0.05, 0) is 42.7 Å². The second kappa shape index (κ2) is 7.14. The maximum Gasteiger partial charge on any atom is 0.161 e. The molecule has 2 N–H and O–H groups in total. The Labute approximate surface area is 137 Å². The third-order valence-corrected chi connectivity index (χ3v) is 6.29. The van der Waals surface area contributed by atoms with E-state index >= 15 is 0 Å². The van der Waals surface area contributed by atoms with Crippen molar-refractivity contribution in [1.29, 1.82) is 0 Å². The molecule has 0 amide bonds. The molecule has 1 aliphatic heterocycles. The van der Waals surface area contributed by atoms with Crippen LogP contribution in [0.15, 0.2) is 18.2 Å². The second-order valence-electron chi connectivity index (χ2n) is 6.51. The summed E-state index contributed by atoms with van der Waals surface area (Å²) >= 11 is 1.96. The number of hydrogen-bond acceptors (Lipinski definition) is 4. The first-order valence-electron chi connectivity index (χ1n) is 8.40. The van der Waals surface area contributed by atoms with E-state index < -0.39 is 0 Å². The first-order valence-corrected chi connectivity index (χ1v) is 9.56. The van der Waals surface area contributed by atoms with Crippen molar-refractivity contribution in [2.75, 3.05) is 25.2 Å². The van der Waals surface area contributed by atoms with Crippen LogP contribution in [0, 0.1) is 0 Å². The quantitative estimate of drug-likeness (QED) is 0.897. The summed E-state index contributed by atoms with van der Waals surface area (Å²) in [6.07, 6.45) is 7.71. The molecular formula is C18H27NO2S. The zero-order valence-corrected chi connectivity index (χ0v) is 14.3. The molecule has 0 radical (unpaired) electrons. The van der Waals surface area contributed by atoms with Crippen LogP contribution in [0.25, 0.3) is 0 Å². The summed E-state index contributed by atoms with van der Waals surface area (Å²) in [6.45, 7) is 0.718. The van der Waals surface area contributed by atoms with E-state index in [1.54, 1.807) is 7.11 Å². The minimum Gasteiger partial charge on any atom is -0.493 e. The lowest BCUT2D eigenvalue weighted by Gasteiger charge is -2.37. The number of methoxy groups -OCH3 is 1. The Morgan fingerprint density at radius 3 is 2.68 bits per heavy atom. The summed E-state index contributed by atoms with van der Waals surface area (Å²) in [7, 11) is 1.73. The van der Waals surface area contributed by atoms with Crippen LogP contribution in [0.5, 0.6) is 11.5 Å². The zero-order chi connectivity index (χ0) is 15.4. The topological polar surface area (TPSA) is 44.5 Å². The van der Waals surface area contributed by atoms with Crippen LogP contribution in [0.1, 0.15) is 44.1 Å². The molecule has 4 heteroatoms. The highest BCUT2D eigenvalue weighted by Crippen LogP contribution is 2.42. The van der Waals surface area contributed by atoms with Gasteiger partial charge in [0.05, 0.1) is 7.11 Å². The summed E-state index contributed by atoms with van der Waals surface area (Å²) < 4.78 is 11.7. The Morgan fingerprint density at radius 2 is 2.05 bits per heavy atom. The number of benzene rings is 1. The molecule has 0 bridgehead atoms. The van der Waals surface area contributed by atoms with Crippen molar-refractivity contribution in [1.82, 2.24) is 0 Å². The molecule has 0 spiro atoms. The number of ether oxygens (including phenoxy) is 2. The lowest BCUT2D eigenvalue weighted by atomic mass is 9.69. The van der Waals surface area contributed by atoms with Crippen molar-refractivity contribution < 1.29 is 9.47 Å². The van der Waals surface area contributed by atoms with Crippen molar-refractivity contribution in [3.8, 4) is 11.5 Å². The first kappa shape index (κ1) is 16.0. The van der Waals surface area contributed by atoms with Gasteiger partial charge in [0.25, 0.3) is 0 Å². The van der Waals surface area contributed by atoms with E-state index in [0.717, 1.165) is 30.2 Å². The number of nitrogens with two attached hydrogens (primary N) is 1. The van der Waals surface area contributed by atoms with Crippen molar-refractivity contribution in [3.05, 3.63) is 23.8 Å². The fourth-order valence-electron chi connectivity index (χ4n) is 3.72. The van der Waals surface area contributed by atoms with Gasteiger partial charge in [-0.1, -0.05) is 25.3 Å². The van der Waals surface area contributed by atoms with Crippen molar-refractivity contribution in [3.63, 3.8) is 0 Å². The van der Waals surface area contributed by atoms with E-state index in [1.165, 1.54) is 43.4 Å². The Morgan fingerprint density at radius 1 is 1.23 bits per heavy atom. The van der Waals surface area contributed by atoms with Crippen molar-refractivity contribution in [2.24, 2.45) is 5.73 Å².